The van der Waals surface area contributed by atoms with Crippen LogP contribution in [0.25, 0.3) is 16.9 Å². The van der Waals surface area contributed by atoms with E-state index >= 15 is 0 Å². The van der Waals surface area contributed by atoms with Gasteiger partial charge in [0.15, 0.2) is 17.3 Å². The van der Waals surface area contributed by atoms with Crippen molar-refractivity contribution in [3.05, 3.63) is 65.4 Å². The zero-order chi connectivity index (χ0) is 21.5. The molecule has 0 atom stereocenters. The van der Waals surface area contributed by atoms with Crippen molar-refractivity contribution in [3.63, 3.8) is 0 Å². The van der Waals surface area contributed by atoms with Crippen LogP contribution in [-0.4, -0.2) is 28.8 Å². The van der Waals surface area contributed by atoms with Gasteiger partial charge in [0.05, 0.1) is 19.9 Å². The number of methoxy groups -OCH3 is 2. The minimum Gasteiger partial charge on any atom is -0.497 e. The molecule has 0 fully saturated rings. The second-order valence-electron chi connectivity index (χ2n) is 7.39. The molecule has 158 valence electrons. The number of hydrogen-bond acceptors (Lipinski definition) is 5. The largest absolute Gasteiger partial charge is 0.497 e. The van der Waals surface area contributed by atoms with E-state index in [-0.39, 0.29) is 0 Å². The van der Waals surface area contributed by atoms with E-state index in [0.29, 0.717) is 34.3 Å². The van der Waals surface area contributed by atoms with Gasteiger partial charge in [-0.3, -0.25) is 0 Å². The average Bonchev–Trinajstić information content (AvgIpc) is 3.42. The van der Waals surface area contributed by atoms with Crippen LogP contribution in [0.4, 0.5) is 20.3 Å². The highest BCUT2D eigenvalue weighted by molar-refractivity contribution is 5.71. The van der Waals surface area contributed by atoms with Crippen LogP contribution in [0.5, 0.6) is 11.5 Å². The summed E-state index contributed by atoms with van der Waals surface area (Å²) in [5.74, 6) is 0.231. The van der Waals surface area contributed by atoms with Crippen molar-refractivity contribution in [1.82, 2.24) is 14.6 Å². The van der Waals surface area contributed by atoms with Crippen molar-refractivity contribution >= 4 is 17.2 Å². The first kappa shape index (κ1) is 19.3. The Morgan fingerprint density at radius 2 is 1.71 bits per heavy atom. The molecule has 0 saturated heterocycles. The molecular formula is C23H20F2N4O2. The van der Waals surface area contributed by atoms with Crippen molar-refractivity contribution in [2.45, 2.75) is 19.3 Å². The summed E-state index contributed by atoms with van der Waals surface area (Å²) >= 11 is 0. The van der Waals surface area contributed by atoms with E-state index in [2.05, 4.69) is 5.32 Å². The monoisotopic (exact) mass is 422 g/mol. The molecule has 0 unspecified atom stereocenters. The Morgan fingerprint density at radius 3 is 2.42 bits per heavy atom. The molecule has 0 amide bonds. The van der Waals surface area contributed by atoms with Gasteiger partial charge < -0.3 is 14.8 Å². The highest BCUT2D eigenvalue weighted by Gasteiger charge is 2.22. The van der Waals surface area contributed by atoms with Gasteiger partial charge in [0, 0.05) is 40.7 Å². The first-order chi connectivity index (χ1) is 15.1. The summed E-state index contributed by atoms with van der Waals surface area (Å²) < 4.78 is 39.6. The second kappa shape index (κ2) is 7.54. The van der Waals surface area contributed by atoms with Crippen LogP contribution in [0.1, 0.15) is 17.7 Å². The molecule has 1 N–H and O–H groups in total. The third-order valence-corrected chi connectivity index (χ3v) is 5.46. The SMILES string of the molecule is COc1cc(OC)cc(-c2cc3nc4c(c(Nc5ccc(F)c(F)c5)n3n2)CCC4)c1. The van der Waals surface area contributed by atoms with Crippen molar-refractivity contribution < 1.29 is 18.3 Å². The minimum absolute atomic E-state index is 0.445. The summed E-state index contributed by atoms with van der Waals surface area (Å²) in [5.41, 5.74) is 4.66. The summed E-state index contributed by atoms with van der Waals surface area (Å²) in [6.45, 7) is 0. The number of nitrogens with one attached hydrogen (secondary N) is 1. The van der Waals surface area contributed by atoms with Gasteiger partial charge in [0.1, 0.15) is 17.3 Å². The number of nitrogens with zero attached hydrogens (tertiary/aromatic N) is 3. The number of anilines is 2. The number of benzene rings is 2. The van der Waals surface area contributed by atoms with Crippen LogP contribution in [0.15, 0.2) is 42.5 Å². The third kappa shape index (κ3) is 3.43. The molecule has 0 bridgehead atoms. The number of aromatic nitrogens is 3. The Hall–Kier alpha value is -3.68. The van der Waals surface area contributed by atoms with Gasteiger partial charge in [0.25, 0.3) is 0 Å². The van der Waals surface area contributed by atoms with Crippen LogP contribution >= 0.6 is 0 Å². The number of rotatable bonds is 5. The number of aryl methyl sites for hydroxylation is 1. The summed E-state index contributed by atoms with van der Waals surface area (Å²) in [6.07, 6.45) is 2.69. The van der Waals surface area contributed by atoms with Gasteiger partial charge in [-0.2, -0.15) is 9.61 Å². The number of halogens is 2. The van der Waals surface area contributed by atoms with Crippen LogP contribution in [0.3, 0.4) is 0 Å². The van der Waals surface area contributed by atoms with Gasteiger partial charge in [-0.05, 0) is 43.5 Å². The van der Waals surface area contributed by atoms with Gasteiger partial charge in [-0.1, -0.05) is 0 Å². The lowest BCUT2D eigenvalue weighted by molar-refractivity contribution is 0.394. The molecule has 1 aliphatic rings. The Morgan fingerprint density at radius 1 is 0.935 bits per heavy atom. The number of ether oxygens (including phenoxy) is 2. The zero-order valence-electron chi connectivity index (χ0n) is 17.1. The highest BCUT2D eigenvalue weighted by atomic mass is 19.2. The van der Waals surface area contributed by atoms with E-state index in [0.717, 1.165) is 48.2 Å². The van der Waals surface area contributed by atoms with Crippen LogP contribution < -0.4 is 14.8 Å². The highest BCUT2D eigenvalue weighted by Crippen LogP contribution is 2.34. The molecule has 2 aromatic carbocycles. The van der Waals surface area contributed by atoms with Gasteiger partial charge in [-0.25, -0.2) is 13.8 Å². The molecule has 0 saturated carbocycles. The van der Waals surface area contributed by atoms with Gasteiger partial charge in [-0.15, -0.1) is 0 Å². The summed E-state index contributed by atoms with van der Waals surface area (Å²) in [4.78, 5) is 4.78. The van der Waals surface area contributed by atoms with E-state index in [1.165, 1.54) is 6.07 Å². The van der Waals surface area contributed by atoms with E-state index in [9.17, 15) is 8.78 Å². The fourth-order valence-electron chi connectivity index (χ4n) is 3.92. The molecule has 2 aromatic heterocycles. The molecule has 5 rings (SSSR count). The smallest absolute Gasteiger partial charge is 0.160 e. The lowest BCUT2D eigenvalue weighted by atomic mass is 10.1. The Labute approximate surface area is 177 Å². The lowest BCUT2D eigenvalue weighted by Gasteiger charge is -2.13. The lowest BCUT2D eigenvalue weighted by Crippen LogP contribution is -2.07. The maximum atomic E-state index is 13.8. The predicted octanol–water partition coefficient (Wildman–Crippen LogP) is 4.92. The molecule has 0 spiro atoms. The van der Waals surface area contributed by atoms with Crippen molar-refractivity contribution in [1.29, 1.82) is 0 Å². The Balaban J connectivity index is 1.65. The van der Waals surface area contributed by atoms with E-state index in [4.69, 9.17) is 19.6 Å². The normalized spacial score (nSPS) is 12.8. The molecule has 2 heterocycles. The van der Waals surface area contributed by atoms with E-state index in [1.54, 1.807) is 24.8 Å². The topological polar surface area (TPSA) is 60.7 Å². The molecular weight excluding hydrogens is 402 g/mol. The van der Waals surface area contributed by atoms with Gasteiger partial charge >= 0.3 is 0 Å². The quantitative estimate of drug-likeness (QED) is 0.495. The van der Waals surface area contributed by atoms with E-state index in [1.807, 2.05) is 18.2 Å². The molecule has 8 heteroatoms. The molecule has 0 aliphatic heterocycles. The van der Waals surface area contributed by atoms with Crippen molar-refractivity contribution in [2.24, 2.45) is 0 Å². The fourth-order valence-corrected chi connectivity index (χ4v) is 3.92. The second-order valence-corrected chi connectivity index (χ2v) is 7.39. The molecule has 4 aromatic rings. The first-order valence-corrected chi connectivity index (χ1v) is 9.93. The standard InChI is InChI=1S/C23H20F2N4O2/c1-30-15-8-13(9-16(11-15)31-2)21-12-22-27-20-5-3-4-17(20)23(29(22)28-21)26-14-6-7-18(24)19(25)10-14/h6-12,26H,3-5H2,1-2H3. The van der Waals surface area contributed by atoms with Crippen molar-refractivity contribution in [2.75, 3.05) is 19.5 Å². The molecule has 1 aliphatic carbocycles. The summed E-state index contributed by atoms with van der Waals surface area (Å²) in [6, 6.07) is 11.2. The molecule has 0 radical (unpaired) electrons. The average molecular weight is 422 g/mol. The number of fused-ring (bicyclic) bond motifs is 2. The van der Waals surface area contributed by atoms with Gasteiger partial charge in [0.2, 0.25) is 0 Å². The van der Waals surface area contributed by atoms with Crippen molar-refractivity contribution in [3.8, 4) is 22.8 Å². The predicted molar refractivity (Wildman–Crippen MR) is 113 cm³/mol. The molecule has 6 nitrogen and oxygen atoms in total. The maximum Gasteiger partial charge on any atom is 0.160 e. The van der Waals surface area contributed by atoms with Crippen LogP contribution in [0.2, 0.25) is 0 Å². The minimum atomic E-state index is -0.906. The molecule has 31 heavy (non-hydrogen) atoms. The van der Waals surface area contributed by atoms with Crippen LogP contribution in [0, 0.1) is 11.6 Å². The summed E-state index contributed by atoms with van der Waals surface area (Å²) in [5, 5.41) is 7.99. The Bertz CT molecular complexity index is 1280. The maximum absolute atomic E-state index is 13.8. The fraction of sp³-hybridized carbons (Fsp3) is 0.217. The van der Waals surface area contributed by atoms with Crippen LogP contribution in [-0.2, 0) is 12.8 Å². The van der Waals surface area contributed by atoms with E-state index < -0.39 is 11.6 Å². The first-order valence-electron chi connectivity index (χ1n) is 9.93. The zero-order valence-corrected chi connectivity index (χ0v) is 17.1. The number of hydrogen-bond donors (Lipinski definition) is 1. The Kier molecular flexibility index (Phi) is 4.69. The third-order valence-electron chi connectivity index (χ3n) is 5.46. The summed E-state index contributed by atoms with van der Waals surface area (Å²) in [7, 11) is 3.19.